The third-order valence-electron chi connectivity index (χ3n) is 3.92. The van der Waals surface area contributed by atoms with Crippen LogP contribution in [0.15, 0.2) is 0 Å². The lowest BCUT2D eigenvalue weighted by atomic mass is 10.00. The Balaban J connectivity index is 1.96. The van der Waals surface area contributed by atoms with Crippen molar-refractivity contribution in [3.63, 3.8) is 0 Å². The first-order valence-corrected chi connectivity index (χ1v) is 8.21. The van der Waals surface area contributed by atoms with Gasteiger partial charge in [0, 0.05) is 26.3 Å². The Labute approximate surface area is 124 Å². The summed E-state index contributed by atoms with van der Waals surface area (Å²) < 4.78 is 11.2. The van der Waals surface area contributed by atoms with E-state index < -0.39 is 6.10 Å². The van der Waals surface area contributed by atoms with Crippen molar-refractivity contribution in [2.45, 2.75) is 58.7 Å². The number of ether oxygens (including phenoxy) is 2. The molecule has 3 atom stereocenters. The van der Waals surface area contributed by atoms with Gasteiger partial charge in [-0.05, 0) is 37.5 Å². The highest BCUT2D eigenvalue weighted by Gasteiger charge is 2.26. The summed E-state index contributed by atoms with van der Waals surface area (Å²) in [7, 11) is 0. The summed E-state index contributed by atoms with van der Waals surface area (Å²) >= 11 is 0. The number of nitrogens with one attached hydrogen (secondary N) is 1. The lowest BCUT2D eigenvalue weighted by Crippen LogP contribution is -2.35. The molecule has 0 radical (unpaired) electrons. The monoisotopic (exact) mass is 287 g/mol. The Kier molecular flexibility index (Phi) is 9.44. The van der Waals surface area contributed by atoms with E-state index in [1.807, 2.05) is 0 Å². The van der Waals surface area contributed by atoms with E-state index in [0.29, 0.717) is 25.2 Å². The van der Waals surface area contributed by atoms with Gasteiger partial charge in [0.25, 0.3) is 0 Å². The van der Waals surface area contributed by atoms with Crippen LogP contribution in [0, 0.1) is 11.8 Å². The zero-order valence-electron chi connectivity index (χ0n) is 13.4. The summed E-state index contributed by atoms with van der Waals surface area (Å²) in [4.78, 5) is 0. The highest BCUT2D eigenvalue weighted by Crippen LogP contribution is 2.22. The van der Waals surface area contributed by atoms with E-state index in [-0.39, 0.29) is 0 Å². The van der Waals surface area contributed by atoms with Crippen molar-refractivity contribution >= 4 is 0 Å². The van der Waals surface area contributed by atoms with Crippen molar-refractivity contribution < 1.29 is 14.6 Å². The molecule has 2 N–H and O–H groups in total. The van der Waals surface area contributed by atoms with Crippen LogP contribution < -0.4 is 5.32 Å². The molecule has 0 amide bonds. The van der Waals surface area contributed by atoms with Crippen LogP contribution in [0.25, 0.3) is 0 Å². The van der Waals surface area contributed by atoms with Gasteiger partial charge in [0.15, 0.2) is 0 Å². The molecule has 0 aromatic heterocycles. The molecule has 1 rings (SSSR count). The Morgan fingerprint density at radius 1 is 1.40 bits per heavy atom. The zero-order valence-corrected chi connectivity index (χ0v) is 13.4. The van der Waals surface area contributed by atoms with Crippen LogP contribution in [0.5, 0.6) is 0 Å². The average Bonchev–Trinajstić information content (AvgIpc) is 2.85. The van der Waals surface area contributed by atoms with Crippen molar-refractivity contribution in [3.8, 4) is 0 Å². The van der Waals surface area contributed by atoms with Gasteiger partial charge in [-0.2, -0.15) is 0 Å². The summed E-state index contributed by atoms with van der Waals surface area (Å²) in [6.07, 6.45) is 4.47. The summed E-state index contributed by atoms with van der Waals surface area (Å²) in [5.41, 5.74) is 0. The molecule has 4 heteroatoms. The van der Waals surface area contributed by atoms with E-state index >= 15 is 0 Å². The predicted octanol–water partition coefficient (Wildman–Crippen LogP) is 2.20. The quantitative estimate of drug-likeness (QED) is 0.572. The largest absolute Gasteiger partial charge is 0.389 e. The lowest BCUT2D eigenvalue weighted by molar-refractivity contribution is 0.0334. The smallest absolute Gasteiger partial charge is 0.0897 e. The van der Waals surface area contributed by atoms with Crippen molar-refractivity contribution in [2.75, 3.05) is 32.9 Å². The van der Waals surface area contributed by atoms with E-state index in [1.165, 1.54) is 6.42 Å². The van der Waals surface area contributed by atoms with E-state index in [4.69, 9.17) is 9.47 Å². The summed E-state index contributed by atoms with van der Waals surface area (Å²) in [5.74, 6) is 1.32. The maximum absolute atomic E-state index is 9.84. The lowest BCUT2D eigenvalue weighted by Gasteiger charge is -2.18. The highest BCUT2D eigenvalue weighted by atomic mass is 16.5. The van der Waals surface area contributed by atoms with Gasteiger partial charge in [-0.1, -0.05) is 20.8 Å². The van der Waals surface area contributed by atoms with Gasteiger partial charge in [0.2, 0.25) is 0 Å². The molecular formula is C16H33NO3. The summed E-state index contributed by atoms with van der Waals surface area (Å²) in [6, 6.07) is 0. The van der Waals surface area contributed by atoms with Crippen LogP contribution in [-0.2, 0) is 9.47 Å². The predicted molar refractivity (Wildman–Crippen MR) is 81.9 cm³/mol. The highest BCUT2D eigenvalue weighted by molar-refractivity contribution is 4.77. The first-order chi connectivity index (χ1) is 9.63. The molecule has 0 saturated carbocycles. The maximum Gasteiger partial charge on any atom is 0.0897 e. The standard InChI is InChI=1S/C16H33NO3/c1-4-16-14(7-9-20-16)10-17-11-15(18)12-19-8-5-6-13(2)3/h13-18H,4-12H2,1-3H3. The van der Waals surface area contributed by atoms with Crippen LogP contribution in [-0.4, -0.2) is 50.2 Å². The molecule has 1 fully saturated rings. The molecule has 1 heterocycles. The van der Waals surface area contributed by atoms with Gasteiger partial charge in [-0.25, -0.2) is 0 Å². The summed E-state index contributed by atoms with van der Waals surface area (Å²) in [5, 5.41) is 13.2. The van der Waals surface area contributed by atoms with E-state index in [1.54, 1.807) is 0 Å². The molecule has 0 spiro atoms. The van der Waals surface area contributed by atoms with E-state index in [2.05, 4.69) is 26.1 Å². The fourth-order valence-corrected chi connectivity index (χ4v) is 2.68. The second kappa shape index (κ2) is 10.6. The van der Waals surface area contributed by atoms with Crippen LogP contribution in [0.4, 0.5) is 0 Å². The van der Waals surface area contributed by atoms with Gasteiger partial charge in [-0.15, -0.1) is 0 Å². The minimum absolute atomic E-state index is 0.395. The first kappa shape index (κ1) is 17.9. The SMILES string of the molecule is CCC1OCCC1CNCC(O)COCCCC(C)C. The van der Waals surface area contributed by atoms with E-state index in [9.17, 15) is 5.11 Å². The number of hydrogen-bond acceptors (Lipinski definition) is 4. The van der Waals surface area contributed by atoms with Crippen molar-refractivity contribution in [1.82, 2.24) is 5.32 Å². The number of aliphatic hydroxyl groups excluding tert-OH is 1. The molecule has 0 bridgehead atoms. The van der Waals surface area contributed by atoms with Crippen LogP contribution in [0.2, 0.25) is 0 Å². The van der Waals surface area contributed by atoms with Gasteiger partial charge < -0.3 is 19.9 Å². The molecule has 1 aliphatic rings. The molecule has 20 heavy (non-hydrogen) atoms. The summed E-state index contributed by atoms with van der Waals surface area (Å²) in [6.45, 7) is 10.2. The van der Waals surface area contributed by atoms with Gasteiger partial charge >= 0.3 is 0 Å². The molecule has 0 aliphatic carbocycles. The number of aliphatic hydroxyl groups is 1. The van der Waals surface area contributed by atoms with E-state index in [0.717, 1.165) is 44.9 Å². The third-order valence-corrected chi connectivity index (χ3v) is 3.92. The van der Waals surface area contributed by atoms with Crippen LogP contribution in [0.1, 0.15) is 46.5 Å². The van der Waals surface area contributed by atoms with Crippen LogP contribution in [0.3, 0.4) is 0 Å². The maximum atomic E-state index is 9.84. The van der Waals surface area contributed by atoms with Crippen LogP contribution >= 0.6 is 0 Å². The Bertz CT molecular complexity index is 236. The second-order valence-electron chi connectivity index (χ2n) is 6.29. The molecule has 1 saturated heterocycles. The molecule has 0 aromatic carbocycles. The Morgan fingerprint density at radius 2 is 2.20 bits per heavy atom. The Hall–Kier alpha value is -0.160. The van der Waals surface area contributed by atoms with Gasteiger partial charge in [0.1, 0.15) is 0 Å². The molecule has 1 aliphatic heterocycles. The van der Waals surface area contributed by atoms with Crippen molar-refractivity contribution in [2.24, 2.45) is 11.8 Å². The second-order valence-corrected chi connectivity index (χ2v) is 6.29. The van der Waals surface area contributed by atoms with Gasteiger partial charge in [0.05, 0.1) is 18.8 Å². The number of hydrogen-bond donors (Lipinski definition) is 2. The molecule has 3 unspecified atom stereocenters. The average molecular weight is 287 g/mol. The minimum atomic E-state index is -0.406. The first-order valence-electron chi connectivity index (χ1n) is 8.21. The van der Waals surface area contributed by atoms with Crippen molar-refractivity contribution in [3.05, 3.63) is 0 Å². The molecule has 120 valence electrons. The Morgan fingerprint density at radius 3 is 2.90 bits per heavy atom. The molecule has 0 aromatic rings. The zero-order chi connectivity index (χ0) is 14.8. The molecular weight excluding hydrogens is 254 g/mol. The normalized spacial score (nSPS) is 24.4. The molecule has 4 nitrogen and oxygen atoms in total. The topological polar surface area (TPSA) is 50.7 Å². The van der Waals surface area contributed by atoms with Gasteiger partial charge in [-0.3, -0.25) is 0 Å². The fraction of sp³-hybridized carbons (Fsp3) is 1.00. The number of rotatable bonds is 11. The minimum Gasteiger partial charge on any atom is -0.389 e. The fourth-order valence-electron chi connectivity index (χ4n) is 2.68. The third kappa shape index (κ3) is 7.58. The van der Waals surface area contributed by atoms with Crippen molar-refractivity contribution in [1.29, 1.82) is 0 Å².